The highest BCUT2D eigenvalue weighted by Gasteiger charge is 2.07. The second-order valence-electron chi connectivity index (χ2n) is 4.63. The van der Waals surface area contributed by atoms with E-state index in [1.54, 1.807) is 6.20 Å². The maximum Gasteiger partial charge on any atom is 0.251 e. The third-order valence-corrected chi connectivity index (χ3v) is 3.18. The van der Waals surface area contributed by atoms with Crippen LogP contribution in [-0.2, 0) is 0 Å². The first kappa shape index (κ1) is 12.6. The molecule has 0 spiro atoms. The van der Waals surface area contributed by atoms with Crippen LogP contribution in [0.3, 0.4) is 0 Å². The van der Waals surface area contributed by atoms with Gasteiger partial charge in [-0.2, -0.15) is 0 Å². The lowest BCUT2D eigenvalue weighted by Crippen LogP contribution is -2.27. The van der Waals surface area contributed by atoms with Gasteiger partial charge in [0.2, 0.25) is 0 Å². The van der Waals surface area contributed by atoms with Gasteiger partial charge in [0, 0.05) is 23.7 Å². The van der Waals surface area contributed by atoms with Crippen LogP contribution in [0.15, 0.2) is 36.5 Å². The summed E-state index contributed by atoms with van der Waals surface area (Å²) in [5, 5.41) is 4.00. The monoisotopic (exact) mass is 242 g/mol. The van der Waals surface area contributed by atoms with Crippen LogP contribution in [-0.4, -0.2) is 17.4 Å². The number of nitrogens with zero attached hydrogens (tertiary/aromatic N) is 1. The van der Waals surface area contributed by atoms with E-state index in [9.17, 15) is 4.79 Å². The fraction of sp³-hybridized carbons (Fsp3) is 0.333. The average molecular weight is 242 g/mol. The zero-order chi connectivity index (χ0) is 13.0. The molecule has 1 aromatic carbocycles. The van der Waals surface area contributed by atoms with Gasteiger partial charge in [0.05, 0.1) is 5.52 Å². The van der Waals surface area contributed by atoms with E-state index in [0.29, 0.717) is 11.5 Å². The molecular weight excluding hydrogens is 224 g/mol. The van der Waals surface area contributed by atoms with Crippen LogP contribution in [0.2, 0.25) is 0 Å². The van der Waals surface area contributed by atoms with Gasteiger partial charge in [0.25, 0.3) is 5.91 Å². The fourth-order valence-electron chi connectivity index (χ4n) is 1.72. The molecule has 0 unspecified atom stereocenters. The first-order chi connectivity index (χ1) is 8.70. The Morgan fingerprint density at radius 1 is 1.39 bits per heavy atom. The minimum atomic E-state index is -0.0251. The normalized spacial score (nSPS) is 12.3. The molecule has 0 radical (unpaired) electrons. The van der Waals surface area contributed by atoms with Crippen molar-refractivity contribution in [1.29, 1.82) is 0 Å². The summed E-state index contributed by atoms with van der Waals surface area (Å²) in [7, 11) is 0. The number of fused-ring (bicyclic) bond motifs is 1. The Kier molecular flexibility index (Phi) is 3.92. The summed E-state index contributed by atoms with van der Waals surface area (Å²) in [5.41, 5.74) is 1.53. The molecule has 1 atom stereocenters. The number of benzene rings is 1. The molecule has 1 heterocycles. The summed E-state index contributed by atoms with van der Waals surface area (Å²) in [4.78, 5) is 16.2. The lowest BCUT2D eigenvalue weighted by molar-refractivity contribution is 0.0948. The largest absolute Gasteiger partial charge is 0.352 e. The number of hydrogen-bond donors (Lipinski definition) is 1. The molecule has 2 aromatic rings. The van der Waals surface area contributed by atoms with E-state index in [1.807, 2.05) is 30.3 Å². The van der Waals surface area contributed by atoms with Crippen molar-refractivity contribution in [3.8, 4) is 0 Å². The first-order valence-electron chi connectivity index (χ1n) is 6.33. The molecule has 2 rings (SSSR count). The van der Waals surface area contributed by atoms with Crippen molar-refractivity contribution >= 4 is 16.8 Å². The molecule has 0 aliphatic heterocycles. The highest BCUT2D eigenvalue weighted by Crippen LogP contribution is 2.13. The molecule has 94 valence electrons. The van der Waals surface area contributed by atoms with Gasteiger partial charge in [-0.25, -0.2) is 0 Å². The van der Waals surface area contributed by atoms with Gasteiger partial charge < -0.3 is 5.32 Å². The number of aromatic nitrogens is 1. The minimum absolute atomic E-state index is 0.0251. The summed E-state index contributed by atoms with van der Waals surface area (Å²) in [6, 6.07) is 9.49. The Labute approximate surface area is 107 Å². The molecule has 3 nitrogen and oxygen atoms in total. The summed E-state index contributed by atoms with van der Waals surface area (Å²) in [6.45, 7) is 4.97. The average Bonchev–Trinajstić information content (AvgIpc) is 2.43. The Balaban J connectivity index is 2.13. The van der Waals surface area contributed by atoms with Crippen LogP contribution < -0.4 is 5.32 Å². The van der Waals surface area contributed by atoms with Crippen molar-refractivity contribution in [2.45, 2.75) is 20.3 Å². The first-order valence-corrected chi connectivity index (χ1v) is 6.33. The van der Waals surface area contributed by atoms with Crippen molar-refractivity contribution in [3.05, 3.63) is 42.1 Å². The van der Waals surface area contributed by atoms with Gasteiger partial charge in [-0.05, 0) is 24.1 Å². The van der Waals surface area contributed by atoms with Crippen LogP contribution in [0.4, 0.5) is 0 Å². The van der Waals surface area contributed by atoms with E-state index in [0.717, 1.165) is 23.9 Å². The fourth-order valence-corrected chi connectivity index (χ4v) is 1.72. The van der Waals surface area contributed by atoms with Crippen LogP contribution in [0.25, 0.3) is 10.9 Å². The molecule has 0 saturated carbocycles. The highest BCUT2D eigenvalue weighted by atomic mass is 16.1. The van der Waals surface area contributed by atoms with Gasteiger partial charge in [-0.3, -0.25) is 9.78 Å². The maximum atomic E-state index is 12.0. The van der Waals surface area contributed by atoms with Gasteiger partial charge in [0.1, 0.15) is 0 Å². The lowest BCUT2D eigenvalue weighted by atomic mass is 10.1. The number of rotatable bonds is 4. The van der Waals surface area contributed by atoms with E-state index in [1.165, 1.54) is 0 Å². The van der Waals surface area contributed by atoms with Crippen LogP contribution >= 0.6 is 0 Å². The van der Waals surface area contributed by atoms with Crippen LogP contribution in [0.1, 0.15) is 30.6 Å². The zero-order valence-electron chi connectivity index (χ0n) is 10.8. The Morgan fingerprint density at radius 3 is 3.00 bits per heavy atom. The Hall–Kier alpha value is -1.90. The number of carbonyl (C=O) groups is 1. The molecule has 1 N–H and O–H groups in total. The van der Waals surface area contributed by atoms with Crippen LogP contribution in [0.5, 0.6) is 0 Å². The van der Waals surface area contributed by atoms with Crippen molar-refractivity contribution in [3.63, 3.8) is 0 Å². The van der Waals surface area contributed by atoms with Crippen molar-refractivity contribution in [2.75, 3.05) is 6.54 Å². The predicted molar refractivity (Wildman–Crippen MR) is 73.5 cm³/mol. The van der Waals surface area contributed by atoms with Gasteiger partial charge in [0.15, 0.2) is 0 Å². The number of hydrogen-bond acceptors (Lipinski definition) is 2. The van der Waals surface area contributed by atoms with Gasteiger partial charge in [-0.1, -0.05) is 32.4 Å². The van der Waals surface area contributed by atoms with E-state index in [-0.39, 0.29) is 5.91 Å². The summed E-state index contributed by atoms with van der Waals surface area (Å²) in [5.74, 6) is 0.482. The third kappa shape index (κ3) is 2.86. The molecule has 3 heteroatoms. The standard InChI is InChI=1S/C15H18N2O/c1-3-11(2)10-17-15(18)13-7-6-12-5-4-8-16-14(12)9-13/h4-9,11H,3,10H2,1-2H3,(H,17,18)/t11-/m0/s1. The van der Waals surface area contributed by atoms with Gasteiger partial charge in [-0.15, -0.1) is 0 Å². The molecule has 1 aromatic heterocycles. The minimum Gasteiger partial charge on any atom is -0.352 e. The number of carbonyl (C=O) groups excluding carboxylic acids is 1. The molecule has 18 heavy (non-hydrogen) atoms. The number of pyridine rings is 1. The van der Waals surface area contributed by atoms with Crippen molar-refractivity contribution in [2.24, 2.45) is 5.92 Å². The smallest absolute Gasteiger partial charge is 0.251 e. The summed E-state index contributed by atoms with van der Waals surface area (Å²) in [6.07, 6.45) is 2.81. The summed E-state index contributed by atoms with van der Waals surface area (Å²) >= 11 is 0. The lowest BCUT2D eigenvalue weighted by Gasteiger charge is -2.10. The van der Waals surface area contributed by atoms with Gasteiger partial charge >= 0.3 is 0 Å². The molecule has 0 bridgehead atoms. The topological polar surface area (TPSA) is 42.0 Å². The highest BCUT2D eigenvalue weighted by molar-refractivity contribution is 5.97. The molecular formula is C15H18N2O. The maximum absolute atomic E-state index is 12.0. The molecule has 0 aliphatic carbocycles. The Bertz CT molecular complexity index is 551. The van der Waals surface area contributed by atoms with E-state index in [2.05, 4.69) is 24.1 Å². The molecule has 0 aliphatic rings. The second kappa shape index (κ2) is 5.63. The number of nitrogens with one attached hydrogen (secondary N) is 1. The van der Waals surface area contributed by atoms with E-state index < -0.39 is 0 Å². The SMILES string of the molecule is CC[C@H](C)CNC(=O)c1ccc2cccnc2c1. The van der Waals surface area contributed by atoms with E-state index in [4.69, 9.17) is 0 Å². The molecule has 0 fully saturated rings. The quantitative estimate of drug-likeness (QED) is 0.895. The summed E-state index contributed by atoms with van der Waals surface area (Å²) < 4.78 is 0. The van der Waals surface area contributed by atoms with Crippen LogP contribution in [0, 0.1) is 5.92 Å². The van der Waals surface area contributed by atoms with Crippen molar-refractivity contribution in [1.82, 2.24) is 10.3 Å². The predicted octanol–water partition coefficient (Wildman–Crippen LogP) is 3.01. The molecule has 0 saturated heterocycles. The zero-order valence-corrected chi connectivity index (χ0v) is 10.8. The second-order valence-corrected chi connectivity index (χ2v) is 4.63. The molecule has 1 amide bonds. The third-order valence-electron chi connectivity index (χ3n) is 3.18. The van der Waals surface area contributed by atoms with E-state index >= 15 is 0 Å². The van der Waals surface area contributed by atoms with Crippen molar-refractivity contribution < 1.29 is 4.79 Å². The number of amides is 1. The Morgan fingerprint density at radius 2 is 2.22 bits per heavy atom.